The van der Waals surface area contributed by atoms with Crippen LogP contribution in [0.25, 0.3) is 111 Å². The quantitative estimate of drug-likeness (QED) is 0.168. The number of furan rings is 1. The molecule has 0 atom stereocenters. The zero-order chi connectivity index (χ0) is 36.3. The Labute approximate surface area is 317 Å². The van der Waals surface area contributed by atoms with Gasteiger partial charge in [-0.1, -0.05) is 152 Å². The lowest BCUT2D eigenvalue weighted by Gasteiger charge is -2.11. The van der Waals surface area contributed by atoms with E-state index in [0.717, 1.165) is 66.3 Å². The minimum Gasteiger partial charge on any atom is -0.456 e. The summed E-state index contributed by atoms with van der Waals surface area (Å²) in [5.41, 5.74) is 8.85. The molecule has 9 aromatic carbocycles. The molecule has 11 aromatic rings. The first-order valence-electron chi connectivity index (χ1n) is 18.4. The molecule has 0 bridgehead atoms. The summed E-state index contributed by atoms with van der Waals surface area (Å²) in [5, 5.41) is 9.05. The summed E-state index contributed by atoms with van der Waals surface area (Å²) >= 11 is 0. The lowest BCUT2D eigenvalue weighted by atomic mass is 9.92. The molecule has 0 aliphatic heterocycles. The van der Waals surface area contributed by atoms with Crippen LogP contribution in [0.3, 0.4) is 0 Å². The predicted octanol–water partition coefficient (Wildman–Crippen LogP) is 13.2. The molecule has 4 nitrogen and oxygen atoms in total. The van der Waals surface area contributed by atoms with E-state index in [1.807, 2.05) is 54.6 Å². The maximum Gasteiger partial charge on any atom is 0.164 e. The molecule has 0 saturated carbocycles. The Balaban J connectivity index is 1.08. The zero-order valence-electron chi connectivity index (χ0n) is 29.5. The number of hydrogen-bond acceptors (Lipinski definition) is 4. The number of rotatable bonds is 5. The second-order valence-corrected chi connectivity index (χ2v) is 13.8. The third-order valence-corrected chi connectivity index (χ3v) is 10.6. The lowest BCUT2D eigenvalue weighted by Crippen LogP contribution is -2.00. The van der Waals surface area contributed by atoms with E-state index in [1.54, 1.807) is 0 Å². The van der Waals surface area contributed by atoms with E-state index < -0.39 is 0 Å². The van der Waals surface area contributed by atoms with Crippen molar-refractivity contribution in [3.63, 3.8) is 0 Å². The van der Waals surface area contributed by atoms with E-state index in [0.29, 0.717) is 17.5 Å². The molecule has 0 spiro atoms. The maximum atomic E-state index is 6.49. The van der Waals surface area contributed by atoms with E-state index in [2.05, 4.69) is 133 Å². The summed E-state index contributed by atoms with van der Waals surface area (Å²) in [6.45, 7) is 0. The molecule has 4 heteroatoms. The lowest BCUT2D eigenvalue weighted by molar-refractivity contribution is 0.669. The summed E-state index contributed by atoms with van der Waals surface area (Å²) in [7, 11) is 0. The second-order valence-electron chi connectivity index (χ2n) is 13.8. The van der Waals surface area contributed by atoms with Crippen LogP contribution < -0.4 is 0 Å². The van der Waals surface area contributed by atoms with Gasteiger partial charge in [0.25, 0.3) is 0 Å². The van der Waals surface area contributed by atoms with Crippen molar-refractivity contribution < 1.29 is 4.42 Å². The summed E-state index contributed by atoms with van der Waals surface area (Å²) < 4.78 is 6.49. The zero-order valence-corrected chi connectivity index (χ0v) is 29.5. The highest BCUT2D eigenvalue weighted by Crippen LogP contribution is 2.40. The molecular formula is C51H29N3O. The van der Waals surface area contributed by atoms with E-state index in [9.17, 15) is 0 Å². The van der Waals surface area contributed by atoms with Crippen LogP contribution in [0.5, 0.6) is 0 Å². The summed E-state index contributed by atoms with van der Waals surface area (Å²) in [4.78, 5) is 15.2. The Hall–Kier alpha value is -7.61. The monoisotopic (exact) mass is 699 g/mol. The average Bonchev–Trinajstić information content (AvgIpc) is 3.65. The SMILES string of the molecule is c1ccc2c(c#1)c1ccccc1c1cc(-c3ccc4oc5cccc(-c6nc(-c7ccccc7)nc(-c7ccc(-c8ccccc8)cc7)n6)c5c4c3)ccc21. The Morgan fingerprint density at radius 1 is 0.364 bits per heavy atom. The van der Waals surface area contributed by atoms with Crippen LogP contribution >= 0.6 is 0 Å². The first kappa shape index (κ1) is 31.0. The fraction of sp³-hybridized carbons (Fsp3) is 0. The van der Waals surface area contributed by atoms with Crippen molar-refractivity contribution >= 4 is 54.3 Å². The minimum atomic E-state index is 0.591. The molecule has 2 heterocycles. The molecule has 0 amide bonds. The van der Waals surface area contributed by atoms with Gasteiger partial charge in [0, 0.05) is 32.8 Å². The van der Waals surface area contributed by atoms with Crippen LogP contribution in [0.15, 0.2) is 180 Å². The fourth-order valence-corrected chi connectivity index (χ4v) is 7.92. The molecule has 0 aliphatic carbocycles. The summed E-state index contributed by atoms with van der Waals surface area (Å²) in [6.07, 6.45) is 0. The molecule has 0 radical (unpaired) electrons. The molecule has 11 rings (SSSR count). The van der Waals surface area contributed by atoms with Gasteiger partial charge in [-0.3, -0.25) is 0 Å². The smallest absolute Gasteiger partial charge is 0.164 e. The van der Waals surface area contributed by atoms with Crippen LogP contribution in [0, 0.1) is 12.1 Å². The van der Waals surface area contributed by atoms with Crippen LogP contribution in [0.4, 0.5) is 0 Å². The van der Waals surface area contributed by atoms with E-state index in [1.165, 1.54) is 26.9 Å². The van der Waals surface area contributed by atoms with Gasteiger partial charge in [0.05, 0.1) is 0 Å². The third-order valence-electron chi connectivity index (χ3n) is 10.6. The van der Waals surface area contributed by atoms with Crippen molar-refractivity contribution in [2.24, 2.45) is 0 Å². The Kier molecular flexibility index (Phi) is 7.05. The van der Waals surface area contributed by atoms with Gasteiger partial charge in [0.1, 0.15) is 11.2 Å². The molecular weight excluding hydrogens is 671 g/mol. The Bertz CT molecular complexity index is 3210. The van der Waals surface area contributed by atoms with Crippen LogP contribution in [-0.2, 0) is 0 Å². The van der Waals surface area contributed by atoms with E-state index in [4.69, 9.17) is 19.4 Å². The van der Waals surface area contributed by atoms with Crippen molar-refractivity contribution in [3.05, 3.63) is 188 Å². The normalized spacial score (nSPS) is 11.5. The molecule has 0 unspecified atom stereocenters. The van der Waals surface area contributed by atoms with E-state index >= 15 is 0 Å². The largest absolute Gasteiger partial charge is 0.456 e. The molecule has 0 saturated heterocycles. The molecule has 0 aliphatic rings. The predicted molar refractivity (Wildman–Crippen MR) is 224 cm³/mol. The van der Waals surface area contributed by atoms with Gasteiger partial charge in [0.2, 0.25) is 0 Å². The highest BCUT2D eigenvalue weighted by Gasteiger charge is 2.19. The number of nitrogens with zero attached hydrogens (tertiary/aromatic N) is 3. The molecule has 0 fully saturated rings. The molecule has 254 valence electrons. The average molecular weight is 700 g/mol. The van der Waals surface area contributed by atoms with Gasteiger partial charge in [-0.25, -0.2) is 15.0 Å². The first-order valence-corrected chi connectivity index (χ1v) is 18.4. The molecule has 0 N–H and O–H groups in total. The second kappa shape index (κ2) is 12.5. The fourth-order valence-electron chi connectivity index (χ4n) is 7.92. The maximum absolute atomic E-state index is 6.49. The standard InChI is InChI=1S/C51H29N3O/c1-3-12-32(13-4-1)33-22-24-35(25-23-33)50-52-49(34-14-5-2-6-15-34)53-51(54-50)43-20-11-21-47-48(43)45-31-37(27-29-46(45)55-47)36-26-28-42-40-18-8-7-16-38(40)39-17-9-10-19-41(39)44(42)30-36/h1-6,8-15,17-31H. The molecule has 55 heavy (non-hydrogen) atoms. The third kappa shape index (κ3) is 5.22. The van der Waals surface area contributed by atoms with Gasteiger partial charge in [-0.2, -0.15) is 0 Å². The molecule has 2 aromatic heterocycles. The Morgan fingerprint density at radius 2 is 0.927 bits per heavy atom. The highest BCUT2D eigenvalue weighted by atomic mass is 16.3. The van der Waals surface area contributed by atoms with Crippen molar-refractivity contribution in [2.75, 3.05) is 0 Å². The van der Waals surface area contributed by atoms with Crippen LogP contribution in [-0.4, -0.2) is 15.0 Å². The highest BCUT2D eigenvalue weighted by molar-refractivity contribution is 6.25. The topological polar surface area (TPSA) is 51.8 Å². The van der Waals surface area contributed by atoms with Gasteiger partial charge in [0.15, 0.2) is 17.5 Å². The van der Waals surface area contributed by atoms with Gasteiger partial charge < -0.3 is 4.42 Å². The van der Waals surface area contributed by atoms with Crippen molar-refractivity contribution in [1.29, 1.82) is 0 Å². The van der Waals surface area contributed by atoms with Gasteiger partial charge in [-0.05, 0) is 85.6 Å². The number of fused-ring (bicyclic) bond motifs is 9. The summed E-state index contributed by atoms with van der Waals surface area (Å²) in [6, 6.07) is 67.4. The van der Waals surface area contributed by atoms with Gasteiger partial charge in [-0.15, -0.1) is 0 Å². The van der Waals surface area contributed by atoms with Crippen LogP contribution in [0.1, 0.15) is 0 Å². The van der Waals surface area contributed by atoms with Crippen LogP contribution in [0.2, 0.25) is 0 Å². The number of aromatic nitrogens is 3. The van der Waals surface area contributed by atoms with Crippen molar-refractivity contribution in [1.82, 2.24) is 15.0 Å². The summed E-state index contributed by atoms with van der Waals surface area (Å²) in [5.74, 6) is 1.82. The minimum absolute atomic E-state index is 0.591. The Morgan fingerprint density at radius 3 is 1.71 bits per heavy atom. The first-order chi connectivity index (χ1) is 27.2. The van der Waals surface area contributed by atoms with Gasteiger partial charge >= 0.3 is 0 Å². The number of hydrogen-bond donors (Lipinski definition) is 0. The van der Waals surface area contributed by atoms with E-state index in [-0.39, 0.29) is 0 Å². The van der Waals surface area contributed by atoms with Crippen molar-refractivity contribution in [3.8, 4) is 56.4 Å². The number of benzene rings is 8. The van der Waals surface area contributed by atoms with Crippen molar-refractivity contribution in [2.45, 2.75) is 0 Å².